The molecule has 1 heterocycles. The highest BCUT2D eigenvalue weighted by atomic mass is 32.2. The van der Waals surface area contributed by atoms with Gasteiger partial charge in [-0.1, -0.05) is 0 Å². The number of amides is 1. The molecule has 2 rings (SSSR count). The van der Waals surface area contributed by atoms with E-state index in [2.05, 4.69) is 5.32 Å². The number of nitro groups is 1. The molecule has 8 heteroatoms. The van der Waals surface area contributed by atoms with Gasteiger partial charge in [0.1, 0.15) is 0 Å². The van der Waals surface area contributed by atoms with E-state index in [-0.39, 0.29) is 17.2 Å². The second-order valence-corrected chi connectivity index (χ2v) is 6.28. The number of aryl methyl sites for hydroxylation is 1. The summed E-state index contributed by atoms with van der Waals surface area (Å²) < 4.78 is 1.38. The molecule has 0 radical (unpaired) electrons. The number of hydrogen-bond acceptors (Lipinski definition) is 5. The fourth-order valence-corrected chi connectivity index (χ4v) is 2.68. The van der Waals surface area contributed by atoms with Gasteiger partial charge in [0.2, 0.25) is 11.5 Å². The number of rotatable bonds is 5. The first-order chi connectivity index (χ1) is 10.9. The lowest BCUT2D eigenvalue weighted by Crippen LogP contribution is -2.24. The van der Waals surface area contributed by atoms with Crippen LogP contribution in [0.25, 0.3) is 0 Å². The number of hydrogen-bond donors (Lipinski definition) is 1. The summed E-state index contributed by atoms with van der Waals surface area (Å²) in [6, 6.07) is 8.95. The van der Waals surface area contributed by atoms with Crippen LogP contribution in [-0.4, -0.2) is 20.6 Å². The molecule has 120 valence electrons. The number of anilines is 1. The Hall–Kier alpha value is -2.61. The number of nitrogens with one attached hydrogen (secondary N) is 1. The third-order valence-corrected chi connectivity index (χ3v) is 4.19. The largest absolute Gasteiger partial charge is 0.324 e. The molecule has 0 bridgehead atoms. The predicted molar refractivity (Wildman–Crippen MR) is 88.7 cm³/mol. The Morgan fingerprint density at radius 3 is 2.48 bits per heavy atom. The number of nitro benzene ring substituents is 1. The summed E-state index contributed by atoms with van der Waals surface area (Å²) in [4.78, 5) is 34.4. The maximum atomic E-state index is 12.2. The van der Waals surface area contributed by atoms with Crippen molar-refractivity contribution in [1.82, 2.24) is 4.57 Å². The van der Waals surface area contributed by atoms with E-state index in [9.17, 15) is 19.7 Å². The van der Waals surface area contributed by atoms with Crippen molar-refractivity contribution >= 4 is 29.0 Å². The van der Waals surface area contributed by atoms with Gasteiger partial charge in [0.15, 0.2) is 0 Å². The molecule has 1 aromatic heterocycles. The van der Waals surface area contributed by atoms with E-state index in [1.54, 1.807) is 38.4 Å². The van der Waals surface area contributed by atoms with Gasteiger partial charge in [-0.2, -0.15) is 0 Å². The molecular weight excluding hydrogens is 318 g/mol. The number of benzene rings is 1. The van der Waals surface area contributed by atoms with E-state index in [4.69, 9.17) is 0 Å². The third kappa shape index (κ3) is 4.43. The zero-order valence-corrected chi connectivity index (χ0v) is 13.4. The molecule has 0 saturated heterocycles. The maximum Gasteiger partial charge on any atom is 0.269 e. The normalized spacial score (nSPS) is 11.7. The summed E-state index contributed by atoms with van der Waals surface area (Å²) in [6.07, 6.45) is 1.55. The van der Waals surface area contributed by atoms with Crippen LogP contribution in [0.2, 0.25) is 0 Å². The molecule has 7 nitrogen and oxygen atoms in total. The van der Waals surface area contributed by atoms with Crippen molar-refractivity contribution in [3.8, 4) is 0 Å². The standard InChI is InChI=1S/C15H15N3O4S/c1-10(23-13-6-4-12(5-7-13)18(21)22)15(20)16-11-3-8-14(19)17(2)9-11/h3-10H,1-2H3,(H,16,20). The van der Waals surface area contributed by atoms with Gasteiger partial charge >= 0.3 is 0 Å². The number of carbonyl (C=O) groups is 1. The minimum absolute atomic E-state index is 0.0108. The van der Waals surface area contributed by atoms with Crippen molar-refractivity contribution in [2.75, 3.05) is 5.32 Å². The molecule has 0 fully saturated rings. The summed E-state index contributed by atoms with van der Waals surface area (Å²) in [7, 11) is 1.60. The first kappa shape index (κ1) is 16.8. The molecule has 1 atom stereocenters. The van der Waals surface area contributed by atoms with Gasteiger partial charge in [0.25, 0.3) is 5.69 Å². The van der Waals surface area contributed by atoms with Crippen molar-refractivity contribution in [2.24, 2.45) is 7.05 Å². The van der Waals surface area contributed by atoms with E-state index in [0.29, 0.717) is 5.69 Å². The Labute approximate surface area is 136 Å². The van der Waals surface area contributed by atoms with Crippen LogP contribution in [0.3, 0.4) is 0 Å². The third-order valence-electron chi connectivity index (χ3n) is 3.08. The number of aromatic nitrogens is 1. The molecular formula is C15H15N3O4S. The average molecular weight is 333 g/mol. The van der Waals surface area contributed by atoms with Crippen LogP contribution in [0.1, 0.15) is 6.92 Å². The first-order valence-corrected chi connectivity index (χ1v) is 7.63. The molecule has 23 heavy (non-hydrogen) atoms. The summed E-state index contributed by atoms with van der Waals surface area (Å²) >= 11 is 1.30. The molecule has 0 saturated carbocycles. The van der Waals surface area contributed by atoms with Crippen LogP contribution >= 0.6 is 11.8 Å². The van der Waals surface area contributed by atoms with E-state index >= 15 is 0 Å². The zero-order chi connectivity index (χ0) is 17.0. The van der Waals surface area contributed by atoms with Gasteiger partial charge in [-0.05, 0) is 25.1 Å². The Kier molecular flexibility index (Phi) is 5.17. The van der Waals surface area contributed by atoms with Crippen molar-refractivity contribution in [3.63, 3.8) is 0 Å². The Balaban J connectivity index is 2.00. The molecule has 0 aliphatic rings. The van der Waals surface area contributed by atoms with Crippen LogP contribution in [0.15, 0.2) is 52.3 Å². The quantitative estimate of drug-likeness (QED) is 0.515. The summed E-state index contributed by atoms with van der Waals surface area (Å²) in [5, 5.41) is 12.9. The summed E-state index contributed by atoms with van der Waals surface area (Å²) in [5.41, 5.74) is 0.390. The van der Waals surface area contributed by atoms with Crippen molar-refractivity contribution in [1.29, 1.82) is 0 Å². The van der Waals surface area contributed by atoms with E-state index < -0.39 is 10.2 Å². The average Bonchev–Trinajstić information content (AvgIpc) is 2.51. The lowest BCUT2D eigenvalue weighted by molar-refractivity contribution is -0.384. The molecule has 1 aromatic carbocycles. The first-order valence-electron chi connectivity index (χ1n) is 6.75. The number of carbonyl (C=O) groups excluding carboxylic acids is 1. The van der Waals surface area contributed by atoms with Gasteiger partial charge < -0.3 is 9.88 Å². The van der Waals surface area contributed by atoms with E-state index in [1.807, 2.05) is 0 Å². The number of nitrogens with zero attached hydrogens (tertiary/aromatic N) is 2. The van der Waals surface area contributed by atoms with Gasteiger partial charge in [-0.3, -0.25) is 19.7 Å². The molecule has 2 aromatic rings. The van der Waals surface area contributed by atoms with Gasteiger partial charge in [-0.25, -0.2) is 0 Å². The maximum absolute atomic E-state index is 12.2. The highest BCUT2D eigenvalue weighted by Gasteiger charge is 2.15. The highest BCUT2D eigenvalue weighted by molar-refractivity contribution is 8.00. The fraction of sp³-hybridized carbons (Fsp3) is 0.200. The van der Waals surface area contributed by atoms with Gasteiger partial charge in [0.05, 0.1) is 15.9 Å². The molecule has 0 spiro atoms. The van der Waals surface area contributed by atoms with E-state index in [0.717, 1.165) is 4.90 Å². The topological polar surface area (TPSA) is 94.2 Å². The second kappa shape index (κ2) is 7.10. The van der Waals surface area contributed by atoms with Crippen LogP contribution in [0.4, 0.5) is 11.4 Å². The molecule has 0 aliphatic carbocycles. The van der Waals surface area contributed by atoms with Crippen molar-refractivity contribution in [2.45, 2.75) is 17.1 Å². The lowest BCUT2D eigenvalue weighted by atomic mass is 10.3. The SMILES string of the molecule is CC(Sc1ccc([N+](=O)[O-])cc1)C(=O)Nc1ccc(=O)n(C)c1. The zero-order valence-electron chi connectivity index (χ0n) is 12.6. The number of non-ortho nitro benzene ring substituents is 1. The predicted octanol–water partition coefficient (Wildman–Crippen LogP) is 2.41. The van der Waals surface area contributed by atoms with Crippen LogP contribution in [0, 0.1) is 10.1 Å². The molecule has 1 unspecified atom stereocenters. The van der Waals surface area contributed by atoms with Crippen LogP contribution in [-0.2, 0) is 11.8 Å². The van der Waals surface area contributed by atoms with Gasteiger partial charge in [0, 0.05) is 36.3 Å². The van der Waals surface area contributed by atoms with Crippen molar-refractivity contribution in [3.05, 3.63) is 63.1 Å². The lowest BCUT2D eigenvalue weighted by Gasteiger charge is -2.12. The summed E-state index contributed by atoms with van der Waals surface area (Å²) in [6.45, 7) is 1.74. The Morgan fingerprint density at radius 2 is 1.91 bits per heavy atom. The fourth-order valence-electron chi connectivity index (χ4n) is 1.82. The smallest absolute Gasteiger partial charge is 0.269 e. The van der Waals surface area contributed by atoms with Crippen LogP contribution in [0.5, 0.6) is 0 Å². The molecule has 0 aliphatic heterocycles. The van der Waals surface area contributed by atoms with Gasteiger partial charge in [-0.15, -0.1) is 11.8 Å². The minimum atomic E-state index is -0.468. The van der Waals surface area contributed by atoms with Crippen molar-refractivity contribution < 1.29 is 9.72 Å². The van der Waals surface area contributed by atoms with Crippen LogP contribution < -0.4 is 10.9 Å². The monoisotopic (exact) mass is 333 g/mol. The molecule has 1 N–H and O–H groups in total. The molecule has 1 amide bonds. The number of pyridine rings is 1. The number of thioether (sulfide) groups is 1. The van der Waals surface area contributed by atoms with E-state index in [1.165, 1.54) is 34.5 Å². The minimum Gasteiger partial charge on any atom is -0.324 e. The Bertz CT molecular complexity index is 786. The highest BCUT2D eigenvalue weighted by Crippen LogP contribution is 2.26. The second-order valence-electron chi connectivity index (χ2n) is 4.87. The Morgan fingerprint density at radius 1 is 1.26 bits per heavy atom. The summed E-state index contributed by atoms with van der Waals surface area (Å²) in [5.74, 6) is -0.216.